The monoisotopic (exact) mass is 396 g/mol. The van der Waals surface area contributed by atoms with Crippen molar-refractivity contribution >= 4 is 40.9 Å². The van der Waals surface area contributed by atoms with Gasteiger partial charge in [0.25, 0.3) is 5.91 Å². The Balaban J connectivity index is 1.48. The molecule has 0 spiro atoms. The Kier molecular flexibility index (Phi) is 4.85. The minimum Gasteiger partial charge on any atom is -0.449 e. The van der Waals surface area contributed by atoms with Crippen molar-refractivity contribution in [1.82, 2.24) is 0 Å². The van der Waals surface area contributed by atoms with E-state index in [0.29, 0.717) is 17.0 Å². The van der Waals surface area contributed by atoms with E-state index in [2.05, 4.69) is 5.32 Å². The minimum absolute atomic E-state index is 0.0158. The SMILES string of the molecule is C[C@H](OC(=O)c1ccc2c(c1)NC(=O)CS2)C(=O)N1c2ccccc2C[C@H]1C. The average molecular weight is 396 g/mol. The molecular weight excluding hydrogens is 376 g/mol. The number of para-hydroxylation sites is 1. The van der Waals surface area contributed by atoms with Gasteiger partial charge >= 0.3 is 5.97 Å². The van der Waals surface area contributed by atoms with Crippen LogP contribution in [0.2, 0.25) is 0 Å². The molecule has 144 valence electrons. The summed E-state index contributed by atoms with van der Waals surface area (Å²) in [6.07, 6.45) is -0.133. The summed E-state index contributed by atoms with van der Waals surface area (Å²) in [4.78, 5) is 39.7. The van der Waals surface area contributed by atoms with Crippen molar-refractivity contribution in [3.63, 3.8) is 0 Å². The van der Waals surface area contributed by atoms with Crippen molar-refractivity contribution in [3.05, 3.63) is 53.6 Å². The van der Waals surface area contributed by atoms with E-state index >= 15 is 0 Å². The van der Waals surface area contributed by atoms with Crippen molar-refractivity contribution < 1.29 is 19.1 Å². The minimum atomic E-state index is -0.916. The smallest absolute Gasteiger partial charge is 0.338 e. The molecule has 1 N–H and O–H groups in total. The summed E-state index contributed by atoms with van der Waals surface area (Å²) in [6, 6.07) is 12.8. The molecule has 2 atom stereocenters. The van der Waals surface area contributed by atoms with Crippen LogP contribution in [0.1, 0.15) is 29.8 Å². The Hall–Kier alpha value is -2.80. The van der Waals surface area contributed by atoms with Crippen molar-refractivity contribution in [2.75, 3.05) is 16.0 Å². The highest BCUT2D eigenvalue weighted by atomic mass is 32.2. The molecule has 4 rings (SSSR count). The number of hydrogen-bond donors (Lipinski definition) is 1. The van der Waals surface area contributed by atoms with Gasteiger partial charge in [-0.25, -0.2) is 4.79 Å². The summed E-state index contributed by atoms with van der Waals surface area (Å²) in [5.74, 6) is -0.577. The zero-order valence-electron chi connectivity index (χ0n) is 15.6. The van der Waals surface area contributed by atoms with E-state index in [9.17, 15) is 14.4 Å². The molecule has 0 radical (unpaired) electrons. The number of anilines is 2. The molecule has 2 aliphatic rings. The first-order valence-corrected chi connectivity index (χ1v) is 10.1. The van der Waals surface area contributed by atoms with Gasteiger partial charge in [-0.1, -0.05) is 18.2 Å². The van der Waals surface area contributed by atoms with Crippen LogP contribution >= 0.6 is 11.8 Å². The quantitative estimate of drug-likeness (QED) is 0.806. The second-order valence-electron chi connectivity index (χ2n) is 6.99. The maximum atomic E-state index is 12.9. The number of nitrogens with one attached hydrogen (secondary N) is 1. The summed E-state index contributed by atoms with van der Waals surface area (Å²) < 4.78 is 5.44. The largest absolute Gasteiger partial charge is 0.449 e. The number of esters is 1. The van der Waals surface area contributed by atoms with Gasteiger partial charge in [0.2, 0.25) is 5.91 Å². The van der Waals surface area contributed by atoms with E-state index in [1.54, 1.807) is 30.0 Å². The number of ether oxygens (including phenoxy) is 1. The number of thioether (sulfide) groups is 1. The topological polar surface area (TPSA) is 75.7 Å². The maximum Gasteiger partial charge on any atom is 0.338 e. The van der Waals surface area contributed by atoms with Crippen LogP contribution in [0.5, 0.6) is 0 Å². The van der Waals surface area contributed by atoms with Crippen molar-refractivity contribution in [2.24, 2.45) is 0 Å². The van der Waals surface area contributed by atoms with Gasteiger partial charge in [-0.3, -0.25) is 9.59 Å². The molecule has 2 aliphatic heterocycles. The number of benzene rings is 2. The molecule has 0 saturated carbocycles. The first kappa shape index (κ1) is 18.6. The Labute approximate surface area is 167 Å². The van der Waals surface area contributed by atoms with Gasteiger partial charge in [-0.05, 0) is 50.1 Å². The Bertz CT molecular complexity index is 975. The summed E-state index contributed by atoms with van der Waals surface area (Å²) in [5.41, 5.74) is 2.88. The van der Waals surface area contributed by atoms with Gasteiger partial charge in [-0.15, -0.1) is 11.8 Å². The van der Waals surface area contributed by atoms with Gasteiger partial charge < -0.3 is 15.0 Å². The molecule has 0 unspecified atom stereocenters. The summed E-state index contributed by atoms with van der Waals surface area (Å²) in [6.45, 7) is 3.57. The molecule has 7 heteroatoms. The van der Waals surface area contributed by atoms with Gasteiger partial charge in [0, 0.05) is 16.6 Å². The highest BCUT2D eigenvalue weighted by molar-refractivity contribution is 8.00. The fourth-order valence-corrected chi connectivity index (χ4v) is 4.37. The zero-order chi connectivity index (χ0) is 19.8. The number of rotatable bonds is 3. The van der Waals surface area contributed by atoms with E-state index < -0.39 is 12.1 Å². The van der Waals surface area contributed by atoms with Crippen LogP contribution in [-0.2, 0) is 20.7 Å². The standard InChI is InChI=1S/C21H20N2O4S/c1-12-9-14-5-3-4-6-17(14)23(12)20(25)13(2)27-21(26)15-7-8-18-16(10-15)22-19(24)11-28-18/h3-8,10,12-13H,9,11H2,1-2H3,(H,22,24)/t12-,13+/m1/s1. The van der Waals surface area contributed by atoms with Crippen molar-refractivity contribution in [3.8, 4) is 0 Å². The maximum absolute atomic E-state index is 12.9. The number of hydrogen-bond acceptors (Lipinski definition) is 5. The first-order chi connectivity index (χ1) is 13.4. The Morgan fingerprint density at radius 3 is 2.86 bits per heavy atom. The van der Waals surface area contributed by atoms with Crippen LogP contribution in [-0.4, -0.2) is 35.7 Å². The second kappa shape index (κ2) is 7.31. The lowest BCUT2D eigenvalue weighted by atomic mass is 10.1. The number of fused-ring (bicyclic) bond motifs is 2. The van der Waals surface area contributed by atoms with E-state index in [0.717, 1.165) is 22.6 Å². The molecule has 0 aromatic heterocycles. The fraction of sp³-hybridized carbons (Fsp3) is 0.286. The number of carbonyl (C=O) groups is 3. The van der Waals surface area contributed by atoms with Gasteiger partial charge in [0.1, 0.15) is 0 Å². The summed E-state index contributed by atoms with van der Waals surface area (Å²) in [5, 5.41) is 2.75. The van der Waals surface area contributed by atoms with Crippen molar-refractivity contribution in [1.29, 1.82) is 0 Å². The molecule has 6 nitrogen and oxygen atoms in total. The zero-order valence-corrected chi connectivity index (χ0v) is 16.4. The molecule has 2 amide bonds. The predicted octanol–water partition coefficient (Wildman–Crippen LogP) is 3.25. The van der Waals surface area contributed by atoms with Crippen molar-refractivity contribution in [2.45, 2.75) is 37.3 Å². The highest BCUT2D eigenvalue weighted by Gasteiger charge is 2.34. The highest BCUT2D eigenvalue weighted by Crippen LogP contribution is 2.34. The Morgan fingerprint density at radius 2 is 2.04 bits per heavy atom. The molecule has 0 fully saturated rings. The van der Waals surface area contributed by atoms with Gasteiger partial charge in [0.05, 0.1) is 17.0 Å². The van der Waals surface area contributed by atoms with Gasteiger partial charge in [-0.2, -0.15) is 0 Å². The lowest BCUT2D eigenvalue weighted by molar-refractivity contribution is -0.126. The third-order valence-electron chi connectivity index (χ3n) is 4.92. The average Bonchev–Trinajstić information content (AvgIpc) is 3.02. The number of carbonyl (C=O) groups excluding carboxylic acids is 3. The van der Waals surface area contributed by atoms with Gasteiger partial charge in [0.15, 0.2) is 6.10 Å². The van der Waals surface area contributed by atoms with Crippen LogP contribution < -0.4 is 10.2 Å². The third-order valence-corrected chi connectivity index (χ3v) is 6.00. The number of amides is 2. The molecule has 28 heavy (non-hydrogen) atoms. The van der Waals surface area contributed by atoms with E-state index in [1.807, 2.05) is 31.2 Å². The van der Waals surface area contributed by atoms with Crippen LogP contribution in [0, 0.1) is 0 Å². The predicted molar refractivity (Wildman–Crippen MR) is 108 cm³/mol. The first-order valence-electron chi connectivity index (χ1n) is 9.12. The second-order valence-corrected chi connectivity index (χ2v) is 8.00. The Morgan fingerprint density at radius 1 is 1.25 bits per heavy atom. The lowest BCUT2D eigenvalue weighted by Gasteiger charge is -2.26. The molecular formula is C21H20N2O4S. The van der Waals surface area contributed by atoms with Crippen LogP contribution in [0.4, 0.5) is 11.4 Å². The summed E-state index contributed by atoms with van der Waals surface area (Å²) >= 11 is 1.42. The molecule has 0 aliphatic carbocycles. The number of nitrogens with zero attached hydrogens (tertiary/aromatic N) is 1. The van der Waals surface area contributed by atoms with E-state index in [4.69, 9.17) is 4.74 Å². The molecule has 2 heterocycles. The molecule has 0 saturated heterocycles. The van der Waals surface area contributed by atoms with Crippen LogP contribution in [0.25, 0.3) is 0 Å². The van der Waals surface area contributed by atoms with Crippen LogP contribution in [0.15, 0.2) is 47.4 Å². The van der Waals surface area contributed by atoms with E-state index in [1.165, 1.54) is 11.8 Å². The van der Waals surface area contributed by atoms with Crippen LogP contribution in [0.3, 0.4) is 0 Å². The molecule has 2 aromatic rings. The normalized spacial score (nSPS) is 18.7. The lowest BCUT2D eigenvalue weighted by Crippen LogP contribution is -2.43. The molecule has 2 aromatic carbocycles. The third kappa shape index (κ3) is 3.38. The summed E-state index contributed by atoms with van der Waals surface area (Å²) in [7, 11) is 0. The molecule has 0 bridgehead atoms. The van der Waals surface area contributed by atoms with E-state index in [-0.39, 0.29) is 17.9 Å². The fourth-order valence-electron chi connectivity index (χ4n) is 3.59.